The first-order chi connectivity index (χ1) is 9.04. The Kier molecular flexibility index (Phi) is 3.33. The van der Waals surface area contributed by atoms with Crippen molar-refractivity contribution in [3.8, 4) is 16.9 Å². The number of aromatic nitrogens is 1. The van der Waals surface area contributed by atoms with Crippen molar-refractivity contribution in [2.45, 2.75) is 0 Å². The highest BCUT2D eigenvalue weighted by Gasteiger charge is 2.18. The molecule has 1 aromatic carbocycles. The molecule has 3 N–H and O–H groups in total. The number of benzene rings is 1. The van der Waals surface area contributed by atoms with Gasteiger partial charge in [-0.1, -0.05) is 12.1 Å². The number of ether oxygens (including phenoxy) is 1. The highest BCUT2D eigenvalue weighted by atomic mass is 19.1. The van der Waals surface area contributed by atoms with Gasteiger partial charge in [0, 0.05) is 11.1 Å². The van der Waals surface area contributed by atoms with Crippen molar-refractivity contribution < 1.29 is 19.0 Å². The Balaban J connectivity index is 2.69. The van der Waals surface area contributed by atoms with Crippen LogP contribution in [0.2, 0.25) is 0 Å². The van der Waals surface area contributed by atoms with Gasteiger partial charge in [-0.15, -0.1) is 0 Å². The van der Waals surface area contributed by atoms with E-state index < -0.39 is 11.8 Å². The van der Waals surface area contributed by atoms with Crippen LogP contribution in [-0.2, 0) is 0 Å². The molecule has 1 heterocycles. The van der Waals surface area contributed by atoms with Gasteiger partial charge in [-0.05, 0) is 18.2 Å². The van der Waals surface area contributed by atoms with E-state index in [0.717, 1.165) is 0 Å². The average molecular weight is 262 g/mol. The Hall–Kier alpha value is -2.63. The topological polar surface area (TPSA) is 85.4 Å². The normalized spacial score (nSPS) is 10.2. The summed E-state index contributed by atoms with van der Waals surface area (Å²) in [6.07, 6.45) is 0. The summed E-state index contributed by atoms with van der Waals surface area (Å²) in [5, 5.41) is 9.10. The number of carboxylic acid groups (broad SMARTS) is 1. The quantitative estimate of drug-likeness (QED) is 0.885. The van der Waals surface area contributed by atoms with Crippen LogP contribution in [0.15, 0.2) is 30.3 Å². The lowest BCUT2D eigenvalue weighted by Crippen LogP contribution is -2.06. The van der Waals surface area contributed by atoms with Crippen molar-refractivity contribution in [1.82, 2.24) is 4.98 Å². The maximum atomic E-state index is 14.1. The molecule has 1 aromatic heterocycles. The van der Waals surface area contributed by atoms with Crippen LogP contribution in [0.3, 0.4) is 0 Å². The number of carboxylic acids is 1. The number of carbonyl (C=O) groups is 1. The third-order valence-electron chi connectivity index (χ3n) is 2.59. The third-order valence-corrected chi connectivity index (χ3v) is 2.59. The number of nitrogens with two attached hydrogens (primary N) is 1. The molecule has 0 spiro atoms. The van der Waals surface area contributed by atoms with Gasteiger partial charge in [0.25, 0.3) is 0 Å². The second kappa shape index (κ2) is 4.93. The minimum absolute atomic E-state index is 0.0330. The van der Waals surface area contributed by atoms with Gasteiger partial charge in [0.2, 0.25) is 0 Å². The maximum absolute atomic E-state index is 14.1. The number of hydrogen-bond donors (Lipinski definition) is 2. The molecule has 0 atom stereocenters. The molecule has 0 amide bonds. The van der Waals surface area contributed by atoms with E-state index in [-0.39, 0.29) is 28.4 Å². The standard InChI is InChI=1S/C13H11FN2O3/c1-19-9-4-2-3-7(11(9)14)8-5-6-10(15)16-12(8)13(17)18/h2-6H,1H3,(H2,15,16)(H,17,18). The number of rotatable bonds is 3. The largest absolute Gasteiger partial charge is 0.494 e. The molecule has 0 aliphatic heterocycles. The molecule has 0 saturated carbocycles. The van der Waals surface area contributed by atoms with Crippen molar-refractivity contribution in [1.29, 1.82) is 0 Å². The molecule has 2 rings (SSSR count). The van der Waals surface area contributed by atoms with E-state index >= 15 is 0 Å². The van der Waals surface area contributed by atoms with Crippen LogP contribution in [0.25, 0.3) is 11.1 Å². The van der Waals surface area contributed by atoms with E-state index in [1.807, 2.05) is 0 Å². The average Bonchev–Trinajstić information content (AvgIpc) is 2.39. The molecule has 19 heavy (non-hydrogen) atoms. The molecule has 98 valence electrons. The summed E-state index contributed by atoms with van der Waals surface area (Å²) in [4.78, 5) is 14.9. The van der Waals surface area contributed by atoms with Gasteiger partial charge in [0.05, 0.1) is 7.11 Å². The van der Waals surface area contributed by atoms with Gasteiger partial charge in [-0.2, -0.15) is 0 Å². The van der Waals surface area contributed by atoms with Crippen LogP contribution in [0.4, 0.5) is 10.2 Å². The van der Waals surface area contributed by atoms with Crippen LogP contribution in [0.5, 0.6) is 5.75 Å². The Morgan fingerprint density at radius 2 is 2.05 bits per heavy atom. The summed E-state index contributed by atoms with van der Waals surface area (Å²) in [5.74, 6) is -1.82. The second-order valence-corrected chi connectivity index (χ2v) is 3.76. The van der Waals surface area contributed by atoms with Crippen LogP contribution in [-0.4, -0.2) is 23.2 Å². The van der Waals surface area contributed by atoms with E-state index in [9.17, 15) is 9.18 Å². The number of halogens is 1. The van der Waals surface area contributed by atoms with Gasteiger partial charge in [0.1, 0.15) is 5.82 Å². The SMILES string of the molecule is COc1cccc(-c2ccc(N)nc2C(=O)O)c1F. The second-order valence-electron chi connectivity index (χ2n) is 3.76. The molecule has 0 aliphatic rings. The van der Waals surface area contributed by atoms with Crippen molar-refractivity contribution in [3.05, 3.63) is 41.8 Å². The maximum Gasteiger partial charge on any atom is 0.355 e. The minimum atomic E-state index is -1.27. The van der Waals surface area contributed by atoms with Crippen LogP contribution < -0.4 is 10.5 Å². The van der Waals surface area contributed by atoms with Gasteiger partial charge in [-0.25, -0.2) is 14.2 Å². The van der Waals surface area contributed by atoms with Crippen molar-refractivity contribution in [2.24, 2.45) is 0 Å². The Labute approximate surface area is 108 Å². The highest BCUT2D eigenvalue weighted by Crippen LogP contribution is 2.31. The fourth-order valence-electron chi connectivity index (χ4n) is 1.73. The van der Waals surface area contributed by atoms with E-state index in [1.165, 1.54) is 31.4 Å². The van der Waals surface area contributed by atoms with Crippen molar-refractivity contribution in [2.75, 3.05) is 12.8 Å². The predicted octanol–water partition coefficient (Wildman–Crippen LogP) is 2.18. The number of methoxy groups -OCH3 is 1. The van der Waals surface area contributed by atoms with Crippen LogP contribution >= 0.6 is 0 Å². The number of hydrogen-bond acceptors (Lipinski definition) is 4. The number of anilines is 1. The number of pyridine rings is 1. The lowest BCUT2D eigenvalue weighted by molar-refractivity contribution is 0.0691. The van der Waals surface area contributed by atoms with Crippen LogP contribution in [0.1, 0.15) is 10.5 Å². The summed E-state index contributed by atoms with van der Waals surface area (Å²) in [5.41, 5.74) is 5.40. The van der Waals surface area contributed by atoms with E-state index in [4.69, 9.17) is 15.6 Å². The summed E-state index contributed by atoms with van der Waals surface area (Å²) < 4.78 is 19.0. The number of nitrogens with zero attached hydrogens (tertiary/aromatic N) is 1. The van der Waals surface area contributed by atoms with Crippen molar-refractivity contribution in [3.63, 3.8) is 0 Å². The summed E-state index contributed by atoms with van der Waals surface area (Å²) in [7, 11) is 1.33. The van der Waals surface area contributed by atoms with E-state index in [0.29, 0.717) is 0 Å². The highest BCUT2D eigenvalue weighted by molar-refractivity contribution is 5.94. The third kappa shape index (κ3) is 2.33. The molecular formula is C13H11FN2O3. The molecule has 0 fully saturated rings. The summed E-state index contributed by atoms with van der Waals surface area (Å²) in [6, 6.07) is 7.31. The molecule has 0 unspecified atom stereocenters. The molecule has 0 radical (unpaired) electrons. The van der Waals surface area contributed by atoms with Crippen molar-refractivity contribution >= 4 is 11.8 Å². The number of nitrogen functional groups attached to an aromatic ring is 1. The van der Waals surface area contributed by atoms with Gasteiger partial charge < -0.3 is 15.6 Å². The fraction of sp³-hybridized carbons (Fsp3) is 0.0769. The first kappa shape index (κ1) is 12.8. The smallest absolute Gasteiger partial charge is 0.355 e. The minimum Gasteiger partial charge on any atom is -0.494 e. The lowest BCUT2D eigenvalue weighted by atomic mass is 10.0. The monoisotopic (exact) mass is 262 g/mol. The molecular weight excluding hydrogens is 251 g/mol. The van der Waals surface area contributed by atoms with Crippen LogP contribution in [0, 0.1) is 5.82 Å². The Bertz CT molecular complexity index is 644. The van der Waals surface area contributed by atoms with Gasteiger partial charge in [-0.3, -0.25) is 0 Å². The zero-order valence-electron chi connectivity index (χ0n) is 10.1. The van der Waals surface area contributed by atoms with Gasteiger partial charge in [0.15, 0.2) is 17.3 Å². The first-order valence-corrected chi connectivity index (χ1v) is 5.37. The molecule has 2 aromatic rings. The molecule has 5 nitrogen and oxygen atoms in total. The molecule has 6 heteroatoms. The molecule has 0 bridgehead atoms. The number of aromatic carboxylic acids is 1. The zero-order valence-corrected chi connectivity index (χ0v) is 10.1. The predicted molar refractivity (Wildman–Crippen MR) is 67.6 cm³/mol. The molecule has 0 saturated heterocycles. The van der Waals surface area contributed by atoms with Gasteiger partial charge >= 0.3 is 5.97 Å². The fourth-order valence-corrected chi connectivity index (χ4v) is 1.73. The van der Waals surface area contributed by atoms with E-state index in [1.54, 1.807) is 6.07 Å². The summed E-state index contributed by atoms with van der Waals surface area (Å²) >= 11 is 0. The van der Waals surface area contributed by atoms with E-state index in [2.05, 4.69) is 4.98 Å². The molecule has 0 aliphatic carbocycles. The summed E-state index contributed by atoms with van der Waals surface area (Å²) in [6.45, 7) is 0. The zero-order chi connectivity index (χ0) is 14.0. The Morgan fingerprint density at radius 1 is 1.32 bits per heavy atom. The lowest BCUT2D eigenvalue weighted by Gasteiger charge is -2.09. The first-order valence-electron chi connectivity index (χ1n) is 5.37. The Morgan fingerprint density at radius 3 is 2.68 bits per heavy atom.